The molecule has 1 aliphatic rings. The third-order valence-electron chi connectivity index (χ3n) is 3.19. The van der Waals surface area contributed by atoms with E-state index in [9.17, 15) is 9.59 Å². The number of benzene rings is 1. The lowest BCUT2D eigenvalue weighted by atomic mass is 10.2. The van der Waals surface area contributed by atoms with Crippen LogP contribution in [-0.2, 0) is 4.79 Å². The molecule has 0 aliphatic carbocycles. The van der Waals surface area contributed by atoms with Gasteiger partial charge in [-0.05, 0) is 43.7 Å². The molecule has 6 nitrogen and oxygen atoms in total. The smallest absolute Gasteiger partial charge is 0.319 e. The Bertz CT molecular complexity index is 513. The van der Waals surface area contributed by atoms with E-state index in [1.807, 2.05) is 0 Å². The van der Waals surface area contributed by atoms with E-state index in [-0.39, 0.29) is 30.4 Å². The molecular weight excluding hydrogens is 304 g/mol. The van der Waals surface area contributed by atoms with Gasteiger partial charge >= 0.3 is 6.03 Å². The molecule has 0 radical (unpaired) electrons. The first-order valence-corrected chi connectivity index (χ1v) is 6.99. The number of amides is 3. The lowest BCUT2D eigenvalue weighted by Gasteiger charge is -2.12. The van der Waals surface area contributed by atoms with Crippen molar-refractivity contribution in [2.75, 3.05) is 23.7 Å². The Morgan fingerprint density at radius 1 is 1.23 bits per heavy atom. The first-order valence-electron chi connectivity index (χ1n) is 6.99. The summed E-state index contributed by atoms with van der Waals surface area (Å²) in [4.78, 5) is 23.4. The Morgan fingerprint density at radius 3 is 2.41 bits per heavy atom. The molecule has 1 aliphatic heterocycles. The molecule has 1 unspecified atom stereocenters. The van der Waals surface area contributed by atoms with Crippen LogP contribution in [0.15, 0.2) is 36.9 Å². The van der Waals surface area contributed by atoms with Gasteiger partial charge in [0.2, 0.25) is 5.91 Å². The maximum Gasteiger partial charge on any atom is 0.319 e. The fourth-order valence-corrected chi connectivity index (χ4v) is 2.11. The maximum absolute atomic E-state index is 11.9. The maximum atomic E-state index is 11.9. The van der Waals surface area contributed by atoms with Crippen LogP contribution in [0.4, 0.5) is 16.2 Å². The number of nitrogens with one attached hydrogen (secondary N) is 4. The molecule has 2 rings (SSSR count). The normalized spacial score (nSPS) is 16.3. The summed E-state index contributed by atoms with van der Waals surface area (Å²) in [6.45, 7) is 4.82. The minimum Gasteiger partial charge on any atom is -0.334 e. The first kappa shape index (κ1) is 18.0. The van der Waals surface area contributed by atoms with E-state index in [0.717, 1.165) is 19.4 Å². The Kier molecular flexibility index (Phi) is 7.42. The van der Waals surface area contributed by atoms with Gasteiger partial charge in [0.1, 0.15) is 0 Å². The van der Waals surface area contributed by atoms with E-state index in [4.69, 9.17) is 0 Å². The molecule has 1 saturated heterocycles. The lowest BCUT2D eigenvalue weighted by molar-refractivity contribution is -0.117. The molecule has 0 spiro atoms. The topological polar surface area (TPSA) is 82.3 Å². The molecule has 4 N–H and O–H groups in total. The molecule has 1 atom stereocenters. The number of urea groups is 1. The number of halogens is 1. The second-order valence-corrected chi connectivity index (χ2v) is 4.84. The molecule has 1 aromatic rings. The van der Waals surface area contributed by atoms with E-state index in [2.05, 4.69) is 27.8 Å². The molecule has 22 heavy (non-hydrogen) atoms. The third kappa shape index (κ3) is 5.38. The quantitative estimate of drug-likeness (QED) is 0.626. The summed E-state index contributed by atoms with van der Waals surface area (Å²) in [6, 6.07) is 6.61. The van der Waals surface area contributed by atoms with Crippen LogP contribution in [0, 0.1) is 0 Å². The zero-order valence-electron chi connectivity index (χ0n) is 12.2. The van der Waals surface area contributed by atoms with Gasteiger partial charge in [-0.1, -0.05) is 6.08 Å². The molecule has 1 aromatic carbocycles. The van der Waals surface area contributed by atoms with Crippen molar-refractivity contribution in [2.45, 2.75) is 18.9 Å². The van der Waals surface area contributed by atoms with Gasteiger partial charge in [0.05, 0.1) is 6.04 Å². The van der Waals surface area contributed by atoms with E-state index >= 15 is 0 Å². The van der Waals surface area contributed by atoms with E-state index in [0.29, 0.717) is 17.9 Å². The second-order valence-electron chi connectivity index (χ2n) is 4.84. The predicted octanol–water partition coefficient (Wildman–Crippen LogP) is 2.11. The Hall–Kier alpha value is -2.05. The second kappa shape index (κ2) is 9.07. The standard InChI is InChI=1S/C15H20N4O2.ClH/c1-2-9-17-15(21)19-12-7-5-11(6-8-12)18-14(20)13-4-3-10-16-13;/h2,5-8,13,16H,1,3-4,9-10H2,(H,18,20)(H2,17,19,21);1H. The van der Waals surface area contributed by atoms with Crippen LogP contribution in [-0.4, -0.2) is 31.1 Å². The van der Waals surface area contributed by atoms with Gasteiger partial charge in [0, 0.05) is 17.9 Å². The highest BCUT2D eigenvalue weighted by Crippen LogP contribution is 2.15. The number of hydrogen-bond acceptors (Lipinski definition) is 3. The highest BCUT2D eigenvalue weighted by Gasteiger charge is 2.21. The number of carbonyl (C=O) groups is 2. The summed E-state index contributed by atoms with van der Waals surface area (Å²) in [5.74, 6) is -0.0167. The highest BCUT2D eigenvalue weighted by atomic mass is 35.5. The lowest BCUT2D eigenvalue weighted by Crippen LogP contribution is -2.35. The van der Waals surface area contributed by atoms with E-state index in [1.165, 1.54) is 0 Å². The van der Waals surface area contributed by atoms with Crippen molar-refractivity contribution in [1.82, 2.24) is 10.6 Å². The average molecular weight is 325 g/mol. The van der Waals surface area contributed by atoms with Gasteiger partial charge in [0.25, 0.3) is 0 Å². The fraction of sp³-hybridized carbons (Fsp3) is 0.333. The summed E-state index contributed by atoms with van der Waals surface area (Å²) < 4.78 is 0. The van der Waals surface area contributed by atoms with Crippen molar-refractivity contribution in [3.63, 3.8) is 0 Å². The molecular formula is C15H21ClN4O2. The van der Waals surface area contributed by atoms with Crippen LogP contribution in [0.2, 0.25) is 0 Å². The van der Waals surface area contributed by atoms with Gasteiger partial charge in [-0.25, -0.2) is 4.79 Å². The van der Waals surface area contributed by atoms with Crippen molar-refractivity contribution in [3.8, 4) is 0 Å². The van der Waals surface area contributed by atoms with Crippen LogP contribution < -0.4 is 21.3 Å². The van der Waals surface area contributed by atoms with Crippen LogP contribution in [0.3, 0.4) is 0 Å². The van der Waals surface area contributed by atoms with Crippen molar-refractivity contribution in [1.29, 1.82) is 0 Å². The molecule has 3 amide bonds. The number of carbonyl (C=O) groups excluding carboxylic acids is 2. The average Bonchev–Trinajstić information content (AvgIpc) is 3.01. The van der Waals surface area contributed by atoms with Crippen LogP contribution in [0.1, 0.15) is 12.8 Å². The third-order valence-corrected chi connectivity index (χ3v) is 3.19. The van der Waals surface area contributed by atoms with Gasteiger partial charge in [-0.15, -0.1) is 19.0 Å². The highest BCUT2D eigenvalue weighted by molar-refractivity contribution is 5.95. The summed E-state index contributed by atoms with van der Waals surface area (Å²) in [5, 5.41) is 11.3. The first-order chi connectivity index (χ1) is 10.2. The zero-order valence-corrected chi connectivity index (χ0v) is 13.0. The van der Waals surface area contributed by atoms with Crippen LogP contribution in [0.25, 0.3) is 0 Å². The Labute approximate surface area is 136 Å². The van der Waals surface area contributed by atoms with E-state index in [1.54, 1.807) is 30.3 Å². The van der Waals surface area contributed by atoms with Gasteiger partial charge in [-0.3, -0.25) is 4.79 Å². The minimum absolute atomic E-state index is 0. The largest absolute Gasteiger partial charge is 0.334 e. The zero-order chi connectivity index (χ0) is 15.1. The Balaban J connectivity index is 0.00000242. The molecule has 0 aromatic heterocycles. The molecule has 0 saturated carbocycles. The molecule has 1 heterocycles. The summed E-state index contributed by atoms with van der Waals surface area (Å²) in [6.07, 6.45) is 3.50. The Morgan fingerprint density at radius 2 is 1.86 bits per heavy atom. The van der Waals surface area contributed by atoms with E-state index < -0.39 is 0 Å². The number of rotatable bonds is 5. The molecule has 7 heteroatoms. The fourth-order valence-electron chi connectivity index (χ4n) is 2.11. The van der Waals surface area contributed by atoms with Crippen molar-refractivity contribution >= 4 is 35.7 Å². The van der Waals surface area contributed by atoms with Crippen LogP contribution >= 0.6 is 12.4 Å². The summed E-state index contributed by atoms with van der Waals surface area (Å²) in [7, 11) is 0. The SMILES string of the molecule is C=CCNC(=O)Nc1ccc(NC(=O)C2CCCN2)cc1.Cl. The predicted molar refractivity (Wildman–Crippen MR) is 90.6 cm³/mol. The van der Waals surface area contributed by atoms with Crippen molar-refractivity contribution in [3.05, 3.63) is 36.9 Å². The monoisotopic (exact) mass is 324 g/mol. The van der Waals surface area contributed by atoms with Crippen molar-refractivity contribution < 1.29 is 9.59 Å². The van der Waals surface area contributed by atoms with Gasteiger partial charge in [-0.2, -0.15) is 0 Å². The van der Waals surface area contributed by atoms with Crippen molar-refractivity contribution in [2.24, 2.45) is 0 Å². The van der Waals surface area contributed by atoms with Gasteiger partial charge < -0.3 is 21.3 Å². The van der Waals surface area contributed by atoms with Crippen LogP contribution in [0.5, 0.6) is 0 Å². The molecule has 120 valence electrons. The number of anilines is 2. The number of hydrogen-bond donors (Lipinski definition) is 4. The summed E-state index contributed by atoms with van der Waals surface area (Å²) >= 11 is 0. The van der Waals surface area contributed by atoms with Gasteiger partial charge in [0.15, 0.2) is 0 Å². The molecule has 1 fully saturated rings. The summed E-state index contributed by atoms with van der Waals surface area (Å²) in [5.41, 5.74) is 1.37. The minimum atomic E-state index is -0.290. The molecule has 0 bridgehead atoms.